The highest BCUT2D eigenvalue weighted by atomic mass is 19.1. The number of hydrogen-bond donors (Lipinski definition) is 0. The Labute approximate surface area is 155 Å². The second-order valence-electron chi connectivity index (χ2n) is 6.29. The highest BCUT2D eigenvalue weighted by Gasteiger charge is 2.24. The number of nitrogens with zero attached hydrogens (tertiary/aromatic N) is 7. The average Bonchev–Trinajstić information content (AvgIpc) is 3.14. The second-order valence-corrected chi connectivity index (χ2v) is 6.29. The van der Waals surface area contributed by atoms with Gasteiger partial charge in [0.15, 0.2) is 17.5 Å². The van der Waals surface area contributed by atoms with Crippen molar-refractivity contribution in [3.8, 4) is 5.82 Å². The molecule has 9 heteroatoms. The first-order valence-electron chi connectivity index (χ1n) is 8.62. The quantitative estimate of drug-likeness (QED) is 0.697. The van der Waals surface area contributed by atoms with Gasteiger partial charge < -0.3 is 9.80 Å². The standard InChI is InChI=1S/C18H18FN7O/c1-13-5-7-26(23-13)17-3-2-16(21-22-17)24-8-10-25(11-9-24)18(27)14-4-6-20-12-15(14)19/h2-7,12H,8-11H2,1H3. The topological polar surface area (TPSA) is 80.0 Å². The summed E-state index contributed by atoms with van der Waals surface area (Å²) in [6.07, 6.45) is 4.31. The fourth-order valence-electron chi connectivity index (χ4n) is 3.01. The lowest BCUT2D eigenvalue weighted by molar-refractivity contribution is 0.0741. The molecule has 1 amide bonds. The molecule has 3 aromatic rings. The summed E-state index contributed by atoms with van der Waals surface area (Å²) in [5, 5.41) is 12.8. The number of rotatable bonds is 3. The van der Waals surface area contributed by atoms with Crippen LogP contribution in [0.25, 0.3) is 5.82 Å². The Morgan fingerprint density at radius 1 is 1.04 bits per heavy atom. The monoisotopic (exact) mass is 367 g/mol. The third-order valence-electron chi connectivity index (χ3n) is 4.49. The van der Waals surface area contributed by atoms with Crippen LogP contribution >= 0.6 is 0 Å². The van der Waals surface area contributed by atoms with E-state index in [2.05, 4.69) is 25.2 Å². The number of halogens is 1. The number of hydrogen-bond acceptors (Lipinski definition) is 6. The molecule has 1 aliphatic heterocycles. The molecule has 0 N–H and O–H groups in total. The van der Waals surface area contributed by atoms with Gasteiger partial charge in [0.25, 0.3) is 5.91 Å². The van der Waals surface area contributed by atoms with E-state index in [1.54, 1.807) is 9.58 Å². The lowest BCUT2D eigenvalue weighted by atomic mass is 10.2. The van der Waals surface area contributed by atoms with Gasteiger partial charge in [0.05, 0.1) is 17.5 Å². The highest BCUT2D eigenvalue weighted by Crippen LogP contribution is 2.16. The van der Waals surface area contributed by atoms with Gasteiger partial charge in [-0.25, -0.2) is 9.07 Å². The highest BCUT2D eigenvalue weighted by molar-refractivity contribution is 5.94. The molecule has 0 atom stereocenters. The summed E-state index contributed by atoms with van der Waals surface area (Å²) >= 11 is 0. The van der Waals surface area contributed by atoms with Crippen molar-refractivity contribution in [3.05, 3.63) is 59.9 Å². The summed E-state index contributed by atoms with van der Waals surface area (Å²) in [5.74, 6) is 0.476. The van der Waals surface area contributed by atoms with Gasteiger partial charge >= 0.3 is 0 Å². The molecule has 0 bridgehead atoms. The minimum absolute atomic E-state index is 0.0529. The number of aromatic nitrogens is 5. The van der Waals surface area contributed by atoms with Crippen LogP contribution in [0.4, 0.5) is 10.2 Å². The van der Waals surface area contributed by atoms with Crippen LogP contribution in [-0.2, 0) is 0 Å². The zero-order chi connectivity index (χ0) is 18.8. The van der Waals surface area contributed by atoms with Gasteiger partial charge in [0, 0.05) is 38.6 Å². The first-order valence-corrected chi connectivity index (χ1v) is 8.62. The van der Waals surface area contributed by atoms with E-state index in [9.17, 15) is 9.18 Å². The Kier molecular flexibility index (Phi) is 4.49. The van der Waals surface area contributed by atoms with Gasteiger partial charge in [0.2, 0.25) is 0 Å². The van der Waals surface area contributed by atoms with Crippen molar-refractivity contribution in [2.24, 2.45) is 0 Å². The number of piperazine rings is 1. The van der Waals surface area contributed by atoms with Crippen LogP contribution in [0.15, 0.2) is 42.9 Å². The van der Waals surface area contributed by atoms with Crippen molar-refractivity contribution in [2.45, 2.75) is 6.92 Å². The van der Waals surface area contributed by atoms with E-state index in [4.69, 9.17) is 0 Å². The lowest BCUT2D eigenvalue weighted by Gasteiger charge is -2.35. The van der Waals surface area contributed by atoms with E-state index >= 15 is 0 Å². The van der Waals surface area contributed by atoms with Gasteiger partial charge in [0.1, 0.15) is 0 Å². The van der Waals surface area contributed by atoms with Crippen molar-refractivity contribution < 1.29 is 9.18 Å². The summed E-state index contributed by atoms with van der Waals surface area (Å²) in [6.45, 7) is 4.10. The minimum atomic E-state index is -0.597. The lowest BCUT2D eigenvalue weighted by Crippen LogP contribution is -2.49. The first kappa shape index (κ1) is 17.1. The van der Waals surface area contributed by atoms with E-state index in [0.29, 0.717) is 32.0 Å². The van der Waals surface area contributed by atoms with Crippen LogP contribution < -0.4 is 4.90 Å². The van der Waals surface area contributed by atoms with Gasteiger partial charge in [-0.15, -0.1) is 10.2 Å². The molecule has 0 radical (unpaired) electrons. The first-order chi connectivity index (χ1) is 13.1. The predicted molar refractivity (Wildman–Crippen MR) is 96.2 cm³/mol. The summed E-state index contributed by atoms with van der Waals surface area (Å²) < 4.78 is 15.4. The molecule has 4 heterocycles. The molecule has 1 aliphatic rings. The molecule has 8 nitrogen and oxygen atoms in total. The number of pyridine rings is 1. The number of anilines is 1. The molecule has 0 saturated carbocycles. The van der Waals surface area contributed by atoms with Crippen molar-refractivity contribution in [1.29, 1.82) is 0 Å². The van der Waals surface area contributed by atoms with Gasteiger partial charge in [-0.05, 0) is 31.2 Å². The van der Waals surface area contributed by atoms with E-state index in [1.807, 2.05) is 31.3 Å². The Morgan fingerprint density at radius 2 is 1.78 bits per heavy atom. The molecule has 1 saturated heterocycles. The summed E-state index contributed by atoms with van der Waals surface area (Å²) in [5.41, 5.74) is 0.962. The van der Waals surface area contributed by atoms with Gasteiger partial charge in [-0.2, -0.15) is 5.10 Å². The zero-order valence-electron chi connectivity index (χ0n) is 14.8. The largest absolute Gasteiger partial charge is 0.352 e. The van der Waals surface area contributed by atoms with E-state index < -0.39 is 5.82 Å². The maximum Gasteiger partial charge on any atom is 0.257 e. The van der Waals surface area contributed by atoms with Crippen molar-refractivity contribution >= 4 is 11.7 Å². The van der Waals surface area contributed by atoms with E-state index in [0.717, 1.165) is 17.7 Å². The second kappa shape index (κ2) is 7.10. The predicted octanol–water partition coefficient (Wildman–Crippen LogP) is 1.47. The molecule has 1 fully saturated rings. The third-order valence-corrected chi connectivity index (χ3v) is 4.49. The molecular weight excluding hydrogens is 349 g/mol. The van der Waals surface area contributed by atoms with Crippen LogP contribution in [-0.4, -0.2) is 61.9 Å². The van der Waals surface area contributed by atoms with Crippen LogP contribution in [0.3, 0.4) is 0 Å². The SMILES string of the molecule is Cc1ccn(-c2ccc(N3CCN(C(=O)c4ccncc4F)CC3)nn2)n1. The fraction of sp³-hybridized carbons (Fsp3) is 0.278. The normalized spacial score (nSPS) is 14.4. The number of aryl methyl sites for hydroxylation is 1. The van der Waals surface area contributed by atoms with Gasteiger partial charge in [-0.1, -0.05) is 0 Å². The average molecular weight is 367 g/mol. The Morgan fingerprint density at radius 3 is 2.41 bits per heavy atom. The molecule has 0 spiro atoms. The summed E-state index contributed by atoms with van der Waals surface area (Å²) in [7, 11) is 0. The van der Waals surface area contributed by atoms with Crippen molar-refractivity contribution in [1.82, 2.24) is 29.9 Å². The summed E-state index contributed by atoms with van der Waals surface area (Å²) in [4.78, 5) is 19.8. The van der Waals surface area contributed by atoms with Gasteiger partial charge in [-0.3, -0.25) is 9.78 Å². The van der Waals surface area contributed by atoms with Crippen LogP contribution in [0, 0.1) is 12.7 Å². The third kappa shape index (κ3) is 3.48. The molecule has 0 aromatic carbocycles. The van der Waals surface area contributed by atoms with Crippen LogP contribution in [0.2, 0.25) is 0 Å². The minimum Gasteiger partial charge on any atom is -0.352 e. The van der Waals surface area contributed by atoms with E-state index in [-0.39, 0.29) is 11.5 Å². The number of carbonyl (C=O) groups excluding carboxylic acids is 1. The molecule has 3 aromatic heterocycles. The van der Waals surface area contributed by atoms with Crippen molar-refractivity contribution in [3.63, 3.8) is 0 Å². The number of carbonyl (C=O) groups is 1. The van der Waals surface area contributed by atoms with Crippen molar-refractivity contribution in [2.75, 3.05) is 31.1 Å². The molecular formula is C18H18FN7O. The Balaban J connectivity index is 1.40. The molecule has 0 unspecified atom stereocenters. The zero-order valence-corrected chi connectivity index (χ0v) is 14.8. The maximum atomic E-state index is 13.8. The fourth-order valence-corrected chi connectivity index (χ4v) is 3.01. The van der Waals surface area contributed by atoms with Crippen LogP contribution in [0.5, 0.6) is 0 Å². The summed E-state index contributed by atoms with van der Waals surface area (Å²) in [6, 6.07) is 7.06. The molecule has 4 rings (SSSR count). The number of amides is 1. The maximum absolute atomic E-state index is 13.8. The molecule has 0 aliphatic carbocycles. The van der Waals surface area contributed by atoms with E-state index in [1.165, 1.54) is 12.3 Å². The Hall–Kier alpha value is -3.36. The Bertz CT molecular complexity index is 948. The molecule has 27 heavy (non-hydrogen) atoms. The van der Waals surface area contributed by atoms with Crippen LogP contribution in [0.1, 0.15) is 16.1 Å². The molecule has 138 valence electrons. The smallest absolute Gasteiger partial charge is 0.257 e.